The van der Waals surface area contributed by atoms with E-state index in [9.17, 15) is 9.82 Å². The second-order valence-corrected chi connectivity index (χ2v) is 7.75. The molecule has 0 spiro atoms. The van der Waals surface area contributed by atoms with Crippen LogP contribution in [0.25, 0.3) is 5.57 Å². The van der Waals surface area contributed by atoms with Crippen molar-refractivity contribution in [3.63, 3.8) is 0 Å². The lowest BCUT2D eigenvalue weighted by Crippen LogP contribution is -2.28. The third-order valence-corrected chi connectivity index (χ3v) is 5.83. The van der Waals surface area contributed by atoms with Gasteiger partial charge < -0.3 is 20.7 Å². The summed E-state index contributed by atoms with van der Waals surface area (Å²) in [5.41, 5.74) is 10.3. The molecule has 2 aromatic rings. The van der Waals surface area contributed by atoms with E-state index >= 15 is 0 Å². The van der Waals surface area contributed by atoms with Crippen LogP contribution in [-0.4, -0.2) is 27.8 Å². The maximum absolute atomic E-state index is 11.9. The quantitative estimate of drug-likeness (QED) is 0.604. The lowest BCUT2D eigenvalue weighted by Gasteiger charge is -2.25. The molecule has 9 heteroatoms. The van der Waals surface area contributed by atoms with E-state index in [0.717, 1.165) is 40.7 Å². The first-order valence-electron chi connectivity index (χ1n) is 10.9. The number of nitrogens with two attached hydrogens (primary N) is 1. The molecule has 4 rings (SSSR count). The van der Waals surface area contributed by atoms with E-state index in [1.807, 2.05) is 51.4 Å². The Morgan fingerprint density at radius 3 is 2.50 bits per heavy atom. The van der Waals surface area contributed by atoms with Gasteiger partial charge in [-0.3, -0.25) is 9.48 Å². The highest BCUT2D eigenvalue weighted by Gasteiger charge is 2.29. The summed E-state index contributed by atoms with van der Waals surface area (Å²) in [5.74, 6) is 0.640. The highest BCUT2D eigenvalue weighted by atomic mass is 16.5. The van der Waals surface area contributed by atoms with Crippen molar-refractivity contribution in [3.8, 4) is 12.3 Å². The van der Waals surface area contributed by atoms with Gasteiger partial charge in [-0.2, -0.15) is 5.10 Å². The minimum absolute atomic E-state index is 0.321. The number of rotatable bonds is 4. The number of nitriles is 1. The molecule has 0 atom stereocenters. The summed E-state index contributed by atoms with van der Waals surface area (Å²) >= 11 is 0. The standard InChI is InChI=1S/C20H25BN4O3.C2H6.CHN/c1-11-8-14(9-16-12(2)13(3)21(27)28-18(11)16)23-20-17(19(22)26)10-25(24-20)15-6-4-5-7-15;2*1-2/h8-10,15,27H,4-7H2,1-3H3,(H2,22,26)(H,23,24);1-2H3;1H. The van der Waals surface area contributed by atoms with Crippen LogP contribution in [0.15, 0.2) is 23.8 Å². The van der Waals surface area contributed by atoms with E-state index in [-0.39, 0.29) is 0 Å². The van der Waals surface area contributed by atoms with Gasteiger partial charge in [0.15, 0.2) is 5.82 Å². The molecule has 2 aliphatic rings. The molecule has 2 heterocycles. The van der Waals surface area contributed by atoms with Gasteiger partial charge in [-0.15, -0.1) is 0 Å². The topological polar surface area (TPSA) is 126 Å². The van der Waals surface area contributed by atoms with Crippen molar-refractivity contribution in [1.82, 2.24) is 9.78 Å². The molecule has 8 nitrogen and oxygen atoms in total. The third kappa shape index (κ3) is 4.97. The summed E-state index contributed by atoms with van der Waals surface area (Å²) in [6.07, 6.45) is 6.25. The van der Waals surface area contributed by atoms with Gasteiger partial charge in [-0.25, -0.2) is 5.26 Å². The number of nitrogens with zero attached hydrogens (tertiary/aromatic N) is 3. The van der Waals surface area contributed by atoms with Gasteiger partial charge in [0, 0.05) is 24.0 Å². The fourth-order valence-electron chi connectivity index (χ4n) is 4.04. The summed E-state index contributed by atoms with van der Waals surface area (Å²) in [5, 5.41) is 24.4. The summed E-state index contributed by atoms with van der Waals surface area (Å²) in [7, 11) is -0.923. The summed E-state index contributed by atoms with van der Waals surface area (Å²) < 4.78 is 7.53. The zero-order valence-corrected chi connectivity index (χ0v) is 19.5. The van der Waals surface area contributed by atoms with Gasteiger partial charge in [0.05, 0.1) is 6.04 Å². The molecule has 1 saturated carbocycles. The number of hydrogen-bond donors (Lipinski definition) is 3. The molecular weight excluding hydrogens is 405 g/mol. The normalized spacial score (nSPS) is 15.1. The van der Waals surface area contributed by atoms with E-state index in [1.165, 1.54) is 12.8 Å². The van der Waals surface area contributed by atoms with Crippen molar-refractivity contribution in [2.45, 2.75) is 66.3 Å². The first-order chi connectivity index (χ1) is 15.3. The molecule has 1 aliphatic heterocycles. The van der Waals surface area contributed by atoms with E-state index in [1.54, 1.807) is 6.20 Å². The smallest absolute Gasteiger partial charge is 0.532 e. The van der Waals surface area contributed by atoms with Crippen LogP contribution < -0.4 is 15.7 Å². The van der Waals surface area contributed by atoms with Crippen LogP contribution in [-0.2, 0) is 0 Å². The monoisotopic (exact) mass is 437 g/mol. The van der Waals surface area contributed by atoms with Gasteiger partial charge in [0.2, 0.25) is 0 Å². The van der Waals surface area contributed by atoms with Crippen LogP contribution in [0.4, 0.5) is 11.5 Å². The molecule has 1 aromatic carbocycles. The number of amides is 1. The van der Waals surface area contributed by atoms with Crippen LogP contribution in [0.1, 0.15) is 80.9 Å². The predicted octanol–water partition coefficient (Wildman–Crippen LogP) is 4.52. The average Bonchev–Trinajstić information content (AvgIpc) is 3.46. The van der Waals surface area contributed by atoms with Gasteiger partial charge in [-0.05, 0) is 62.4 Å². The molecule has 0 saturated heterocycles. The number of allylic oxidation sites excluding steroid dienone is 2. The molecule has 1 aliphatic carbocycles. The number of carbonyl (C=O) groups is 1. The lowest BCUT2D eigenvalue weighted by atomic mass is 9.73. The fraction of sp³-hybridized carbons (Fsp3) is 0.435. The van der Waals surface area contributed by atoms with E-state index in [4.69, 9.17) is 15.6 Å². The number of aromatic nitrogens is 2. The molecule has 0 bridgehead atoms. The van der Waals surface area contributed by atoms with E-state index < -0.39 is 13.0 Å². The molecule has 32 heavy (non-hydrogen) atoms. The Bertz CT molecular complexity index is 1020. The van der Waals surface area contributed by atoms with Crippen molar-refractivity contribution in [2.24, 2.45) is 5.73 Å². The summed E-state index contributed by atoms with van der Waals surface area (Å²) in [6, 6.07) is 4.19. The Morgan fingerprint density at radius 1 is 1.28 bits per heavy atom. The van der Waals surface area contributed by atoms with Crippen molar-refractivity contribution >= 4 is 30.1 Å². The molecule has 4 N–H and O–H groups in total. The lowest BCUT2D eigenvalue weighted by molar-refractivity contribution is 0.100. The van der Waals surface area contributed by atoms with Crippen LogP contribution in [0.5, 0.6) is 5.75 Å². The molecule has 0 radical (unpaired) electrons. The Labute approximate surface area is 190 Å². The number of benzene rings is 1. The zero-order chi connectivity index (χ0) is 24.0. The van der Waals surface area contributed by atoms with Crippen LogP contribution in [0, 0.1) is 18.8 Å². The van der Waals surface area contributed by atoms with Crippen molar-refractivity contribution in [1.29, 1.82) is 5.26 Å². The Balaban J connectivity index is 0.000000860. The average molecular weight is 437 g/mol. The molecule has 1 amide bonds. The highest BCUT2D eigenvalue weighted by molar-refractivity contribution is 6.55. The molecule has 170 valence electrons. The third-order valence-electron chi connectivity index (χ3n) is 5.83. The summed E-state index contributed by atoms with van der Waals surface area (Å²) in [4.78, 5) is 11.9. The number of carbonyl (C=O) groups excluding carboxylic acids is 1. The van der Waals surface area contributed by atoms with Gasteiger partial charge >= 0.3 is 7.12 Å². The number of anilines is 2. The molecule has 0 unspecified atom stereocenters. The number of nitrogens with one attached hydrogen (secondary N) is 1. The molecule has 1 aromatic heterocycles. The first kappa shape index (κ1) is 25.0. The van der Waals surface area contributed by atoms with E-state index in [0.29, 0.717) is 23.2 Å². The Kier molecular flexibility index (Phi) is 8.50. The van der Waals surface area contributed by atoms with Gasteiger partial charge in [0.1, 0.15) is 11.3 Å². The van der Waals surface area contributed by atoms with Crippen molar-refractivity contribution < 1.29 is 14.5 Å². The number of primary amides is 1. The zero-order valence-electron chi connectivity index (χ0n) is 19.5. The second kappa shape index (κ2) is 10.9. The molecule has 1 fully saturated rings. The number of aryl methyl sites for hydroxylation is 1. The van der Waals surface area contributed by atoms with E-state index in [2.05, 4.69) is 17.0 Å². The predicted molar refractivity (Wildman–Crippen MR) is 128 cm³/mol. The maximum Gasteiger partial charge on any atom is 0.555 e. The fourth-order valence-corrected chi connectivity index (χ4v) is 4.04. The maximum atomic E-state index is 11.9. The van der Waals surface area contributed by atoms with Crippen LogP contribution in [0.2, 0.25) is 0 Å². The van der Waals surface area contributed by atoms with Crippen molar-refractivity contribution in [3.05, 3.63) is 40.5 Å². The van der Waals surface area contributed by atoms with Gasteiger partial charge in [-0.1, -0.05) is 26.7 Å². The second-order valence-electron chi connectivity index (χ2n) is 7.75. The van der Waals surface area contributed by atoms with Crippen LogP contribution >= 0.6 is 0 Å². The highest BCUT2D eigenvalue weighted by Crippen LogP contribution is 2.39. The number of fused-ring (bicyclic) bond motifs is 1. The molecular formula is C23H32BN5O3. The minimum Gasteiger partial charge on any atom is -0.532 e. The van der Waals surface area contributed by atoms with Gasteiger partial charge in [0.25, 0.3) is 5.91 Å². The van der Waals surface area contributed by atoms with Crippen molar-refractivity contribution in [2.75, 3.05) is 5.32 Å². The Hall–Kier alpha value is -3.25. The van der Waals surface area contributed by atoms with Crippen LogP contribution in [0.3, 0.4) is 0 Å². The largest absolute Gasteiger partial charge is 0.555 e. The Morgan fingerprint density at radius 2 is 1.91 bits per heavy atom. The summed E-state index contributed by atoms with van der Waals surface area (Å²) in [6.45, 7) is 13.2. The minimum atomic E-state index is -0.923. The SMILES string of the molecule is C#N.CC.CC1=C(C)c2cc(Nc3nn(C4CCCC4)cc3C(N)=O)cc(C)c2OB1O. The first-order valence-corrected chi connectivity index (χ1v) is 10.9. The number of hydrogen-bond acceptors (Lipinski definition) is 6.